The maximum atomic E-state index is 10.2. The third kappa shape index (κ3) is 9.11. The lowest BCUT2D eigenvalue weighted by atomic mass is 10.0. The monoisotopic (exact) mass is 1700 g/mol. The topological polar surface area (TPSA) is 98.9 Å². The van der Waals surface area contributed by atoms with Crippen molar-refractivity contribution in [2.75, 3.05) is 0 Å². The second-order valence-corrected chi connectivity index (χ2v) is 32.2. The fraction of sp³-hybridized carbons (Fsp3) is 0. The van der Waals surface area contributed by atoms with Gasteiger partial charge in [-0.15, -0.1) is 0 Å². The predicted octanol–water partition coefficient (Wildman–Crippen LogP) is 27.1. The largest absolute Gasteiger partial charge is 0.309 e. The molecule has 0 saturated heterocycles. The molecule has 0 N–H and O–H groups in total. The lowest BCUT2D eigenvalue weighted by Crippen LogP contribution is -1.94. The second kappa shape index (κ2) is 24.1. The molecule has 26 aromatic rings. The Morgan fingerprint density at radius 3 is 0.685 bits per heavy atom. The van der Waals surface area contributed by atoms with Crippen molar-refractivity contribution in [3.8, 4) is 29.6 Å². The van der Waals surface area contributed by atoms with Gasteiger partial charge in [0.1, 0.15) is 0 Å². The first kappa shape index (κ1) is 63.8. The summed E-state index contributed by atoms with van der Waals surface area (Å²) in [6, 6.07) is 119. The van der Waals surface area contributed by atoms with Gasteiger partial charge < -0.3 is 26.7 Å². The lowest BCUT2D eigenvalue weighted by Gasteiger charge is -2.10. The van der Waals surface area contributed by atoms with Gasteiger partial charge in [-0.2, -0.15) is 15.8 Å². The number of aromatic nitrogens is 6. The first-order valence-corrected chi connectivity index (χ1v) is 39.7. The number of benzene rings is 16. The summed E-state index contributed by atoms with van der Waals surface area (Å²) in [5.41, 5.74) is 23.7. The maximum absolute atomic E-state index is 10.2. The van der Waals surface area contributed by atoms with Crippen LogP contribution in [0.2, 0.25) is 0 Å². The Labute approximate surface area is 667 Å². The van der Waals surface area contributed by atoms with Crippen LogP contribution >= 0.6 is 61.1 Å². The molecule has 16 aromatic carbocycles. The van der Waals surface area contributed by atoms with Gasteiger partial charge in [0.2, 0.25) is 0 Å². The minimum atomic E-state index is 0.670. The van der Waals surface area contributed by atoms with Crippen molar-refractivity contribution in [3.63, 3.8) is 0 Å². The molecule has 0 atom stereocenters. The summed E-state index contributed by atoms with van der Waals surface area (Å²) in [6.45, 7) is 0. The molecule has 0 aliphatic rings. The van der Waals surface area contributed by atoms with Gasteiger partial charge >= 0.3 is 0 Å². The van der Waals surface area contributed by atoms with E-state index >= 15 is 0 Å². The van der Waals surface area contributed by atoms with Crippen LogP contribution in [0.4, 0.5) is 0 Å². The van der Waals surface area contributed by atoms with E-state index in [0.29, 0.717) is 5.56 Å². The van der Waals surface area contributed by atoms with E-state index in [2.05, 4.69) is 397 Å². The van der Waals surface area contributed by atoms with Crippen LogP contribution in [-0.2, 0) is 0 Å². The third-order valence-corrected chi connectivity index (χ3v) is 24.9. The molecular formula is C99H52BrI2N9. The molecule has 111 heavy (non-hydrogen) atoms. The normalized spacial score (nSPS) is 12.1. The highest BCUT2D eigenvalue weighted by atomic mass is 127. The van der Waals surface area contributed by atoms with E-state index in [1.165, 1.54) is 154 Å². The molecule has 0 unspecified atom stereocenters. The highest BCUT2D eigenvalue weighted by Gasteiger charge is 2.25. The molecule has 0 radical (unpaired) electrons. The van der Waals surface area contributed by atoms with Crippen LogP contribution in [0.15, 0.2) is 320 Å². The summed E-state index contributed by atoms with van der Waals surface area (Å²) in [6.07, 6.45) is 0. The minimum absolute atomic E-state index is 0.670. The highest BCUT2D eigenvalue weighted by Crippen LogP contribution is 2.47. The van der Waals surface area contributed by atoms with Crippen LogP contribution in [0.5, 0.6) is 0 Å². The Balaban J connectivity index is 0.0000000964. The zero-order chi connectivity index (χ0) is 73.8. The Morgan fingerprint density at radius 2 is 0.414 bits per heavy atom. The van der Waals surface area contributed by atoms with Gasteiger partial charge in [0, 0.05) is 131 Å². The third-order valence-electron chi connectivity index (χ3n) is 23.1. The summed E-state index contributed by atoms with van der Waals surface area (Å²) < 4.78 is 17.7. The smallest absolute Gasteiger partial charge is 0.0992 e. The van der Waals surface area contributed by atoms with Crippen LogP contribution in [-0.4, -0.2) is 26.7 Å². The van der Waals surface area contributed by atoms with Gasteiger partial charge in [0.15, 0.2) is 0 Å². The van der Waals surface area contributed by atoms with E-state index in [-0.39, 0.29) is 0 Å². The Kier molecular flexibility index (Phi) is 13.9. The van der Waals surface area contributed by atoms with Crippen molar-refractivity contribution in [3.05, 3.63) is 344 Å². The molecular weight excluding hydrogens is 1650 g/mol. The van der Waals surface area contributed by atoms with E-state index in [0.717, 1.165) is 75.8 Å². The quantitative estimate of drug-likeness (QED) is 0.161. The average Bonchev–Trinajstić information content (AvgIpc) is 1.55. The van der Waals surface area contributed by atoms with Gasteiger partial charge in [0.05, 0.1) is 123 Å². The van der Waals surface area contributed by atoms with E-state index in [9.17, 15) is 15.8 Å². The number of hydrogen-bond donors (Lipinski definition) is 0. The highest BCUT2D eigenvalue weighted by molar-refractivity contribution is 14.1. The van der Waals surface area contributed by atoms with Gasteiger partial charge in [0.25, 0.3) is 0 Å². The van der Waals surface area contributed by atoms with Crippen LogP contribution in [0.3, 0.4) is 0 Å². The summed E-state index contributed by atoms with van der Waals surface area (Å²) in [5.74, 6) is 0. The molecule has 514 valence electrons. The fourth-order valence-corrected chi connectivity index (χ4v) is 20.2. The van der Waals surface area contributed by atoms with Gasteiger partial charge in [-0.05, 0) is 215 Å². The number of nitrogens with zero attached hydrogens (tertiary/aromatic N) is 9. The van der Waals surface area contributed by atoms with Crippen molar-refractivity contribution < 1.29 is 0 Å². The number of rotatable bonds is 2. The number of halogens is 3. The zero-order valence-electron chi connectivity index (χ0n) is 58.7. The molecule has 12 heteroatoms. The number of hydrogen-bond acceptors (Lipinski definition) is 3. The summed E-state index contributed by atoms with van der Waals surface area (Å²) in [4.78, 5) is 0. The van der Waals surface area contributed by atoms with Crippen molar-refractivity contribution >= 4 is 257 Å². The van der Waals surface area contributed by atoms with Crippen LogP contribution in [0, 0.1) is 41.1 Å². The molecule has 10 heterocycles. The van der Waals surface area contributed by atoms with Crippen LogP contribution in [0.1, 0.15) is 16.7 Å². The number of para-hydroxylation sites is 8. The molecule has 0 saturated carbocycles. The van der Waals surface area contributed by atoms with E-state index in [4.69, 9.17) is 0 Å². The molecule has 0 aliphatic carbocycles. The standard InChI is InChI=1S/C43H24N4.C19H8I2N2.C19H10N2.C18H10BrN/c44-25-26-21-35-33-23-27(45-37-13-5-1-9-29(37)30-10-2-6-14-38(30)45)17-19-41(33)47-42-20-18-28(24-34(42)36(22-26)43(35)47)46-39-15-7-3-11-31(39)32-12-4-8-16-40(32)46;20-11-1-3-17-13(7-11)15-5-10(9-22)6-16-14-8-12(21)2-4-18(14)23(17)19(15)16;20-11-12-9-15-13-5-1-3-7-17(13)21-18-8-4-2-6-14(18)16(10-12)19(15)21;19-11-9-14-12-5-1-3-7-16(12)20-17-8-4-2-6-13(17)15(10-11)18(14)20/h1-24H;1-8H;1-10H;1-10H. The molecule has 9 nitrogen and oxygen atoms in total. The van der Waals surface area contributed by atoms with Gasteiger partial charge in [-0.1, -0.05) is 162 Å². The molecule has 0 spiro atoms. The van der Waals surface area contributed by atoms with Crippen LogP contribution < -0.4 is 0 Å². The minimum Gasteiger partial charge on any atom is -0.309 e. The maximum Gasteiger partial charge on any atom is 0.0992 e. The summed E-state index contributed by atoms with van der Waals surface area (Å²) >= 11 is 8.35. The molecule has 26 rings (SSSR count). The van der Waals surface area contributed by atoms with E-state index in [1.54, 1.807) is 0 Å². The number of nitriles is 3. The first-order chi connectivity index (χ1) is 54.7. The molecule has 10 aromatic heterocycles. The fourth-order valence-electron chi connectivity index (χ4n) is 18.8. The molecule has 0 bridgehead atoms. The summed E-state index contributed by atoms with van der Waals surface area (Å²) in [7, 11) is 0. The molecule has 0 amide bonds. The van der Waals surface area contributed by atoms with Gasteiger partial charge in [-0.25, -0.2) is 0 Å². The van der Waals surface area contributed by atoms with Crippen molar-refractivity contribution in [1.82, 2.24) is 26.7 Å². The van der Waals surface area contributed by atoms with Crippen LogP contribution in [0.25, 0.3) is 207 Å². The first-order valence-electron chi connectivity index (χ1n) is 36.7. The molecule has 0 aliphatic heterocycles. The van der Waals surface area contributed by atoms with E-state index in [1.807, 2.05) is 24.3 Å². The average molecular weight is 1700 g/mol. The van der Waals surface area contributed by atoms with Crippen molar-refractivity contribution in [2.45, 2.75) is 0 Å². The van der Waals surface area contributed by atoms with Gasteiger partial charge in [-0.3, -0.25) is 0 Å². The van der Waals surface area contributed by atoms with Crippen molar-refractivity contribution in [2.24, 2.45) is 0 Å². The Bertz CT molecular complexity index is 8080. The Hall–Kier alpha value is -13.3. The van der Waals surface area contributed by atoms with E-state index < -0.39 is 0 Å². The lowest BCUT2D eigenvalue weighted by molar-refractivity contribution is 1.18. The second-order valence-electron chi connectivity index (χ2n) is 28.8. The predicted molar refractivity (Wildman–Crippen MR) is 480 cm³/mol. The molecule has 0 fully saturated rings. The summed E-state index contributed by atoms with van der Waals surface area (Å²) in [5, 5.41) is 53.3. The SMILES string of the molecule is Brc1cc2c3ccccc3n3c4ccccc4c(c1)c23.N#Cc1cc2c3cc(-n4c5ccccc5c5ccccc54)ccc3n3c4ccc(-n5c6ccccc6c6ccccc65)cc4c(c1)c23.N#Cc1cc2c3cc(I)ccc3n3c4ccc(I)cc4c(c1)c23.N#Cc1cc2c3ccccc3n3c4ccccc4c(c1)c23. The Morgan fingerprint density at radius 1 is 0.207 bits per heavy atom. The number of fused-ring (bicyclic) bond motifs is 30. The van der Waals surface area contributed by atoms with Crippen molar-refractivity contribution in [1.29, 1.82) is 15.8 Å². The zero-order valence-corrected chi connectivity index (χ0v) is 64.6.